The normalized spacial score (nSPS) is 27.1. The SMILES string of the molecule is CCCCCCCCCCCCNC(=O)[C@H]1O[C@H](OCCCC)[C@@H](O)[C@@H](O)[C@@H]1O. The average Bonchev–Trinajstić information content (AvgIpc) is 2.72. The largest absolute Gasteiger partial charge is 0.387 e. The minimum Gasteiger partial charge on any atom is -0.387 e. The fourth-order valence-corrected chi connectivity index (χ4v) is 3.47. The number of nitrogens with one attached hydrogen (secondary N) is 1. The van der Waals surface area contributed by atoms with E-state index >= 15 is 0 Å². The van der Waals surface area contributed by atoms with Crippen LogP contribution in [0.25, 0.3) is 0 Å². The monoisotopic (exact) mass is 417 g/mol. The molecule has 1 heterocycles. The maximum Gasteiger partial charge on any atom is 0.252 e. The lowest BCUT2D eigenvalue weighted by atomic mass is 9.98. The third kappa shape index (κ3) is 10.2. The number of hydrogen-bond acceptors (Lipinski definition) is 6. The van der Waals surface area contributed by atoms with Crippen LogP contribution >= 0.6 is 0 Å². The summed E-state index contributed by atoms with van der Waals surface area (Å²) in [5.74, 6) is -0.483. The van der Waals surface area contributed by atoms with Gasteiger partial charge in [0.1, 0.15) is 18.3 Å². The lowest BCUT2D eigenvalue weighted by Crippen LogP contribution is -2.62. The van der Waals surface area contributed by atoms with E-state index in [0.717, 1.165) is 32.1 Å². The average molecular weight is 418 g/mol. The van der Waals surface area contributed by atoms with Gasteiger partial charge in [0.15, 0.2) is 12.4 Å². The van der Waals surface area contributed by atoms with E-state index in [1.165, 1.54) is 44.9 Å². The van der Waals surface area contributed by atoms with Gasteiger partial charge in [0, 0.05) is 13.2 Å². The first kappa shape index (κ1) is 26.3. The Hall–Kier alpha value is -0.730. The molecule has 1 aliphatic rings. The molecular weight excluding hydrogens is 374 g/mol. The molecule has 0 bridgehead atoms. The maximum atomic E-state index is 12.4. The fourth-order valence-electron chi connectivity index (χ4n) is 3.47. The van der Waals surface area contributed by atoms with Crippen LogP contribution in [-0.2, 0) is 14.3 Å². The van der Waals surface area contributed by atoms with Crippen molar-refractivity contribution in [3.63, 3.8) is 0 Å². The Labute approximate surface area is 176 Å². The lowest BCUT2D eigenvalue weighted by Gasteiger charge is -2.39. The molecule has 7 heteroatoms. The van der Waals surface area contributed by atoms with Crippen molar-refractivity contribution in [3.05, 3.63) is 0 Å². The summed E-state index contributed by atoms with van der Waals surface area (Å²) in [6, 6.07) is 0. The highest BCUT2D eigenvalue weighted by atomic mass is 16.7. The second-order valence-corrected chi connectivity index (χ2v) is 8.09. The van der Waals surface area contributed by atoms with Crippen molar-refractivity contribution in [1.29, 1.82) is 0 Å². The van der Waals surface area contributed by atoms with Crippen molar-refractivity contribution in [3.8, 4) is 0 Å². The molecule has 7 nitrogen and oxygen atoms in total. The van der Waals surface area contributed by atoms with Crippen LogP contribution in [0, 0.1) is 0 Å². The van der Waals surface area contributed by atoms with Gasteiger partial charge >= 0.3 is 0 Å². The van der Waals surface area contributed by atoms with Gasteiger partial charge in [0.05, 0.1) is 0 Å². The summed E-state index contributed by atoms with van der Waals surface area (Å²) in [4.78, 5) is 12.4. The second-order valence-electron chi connectivity index (χ2n) is 8.09. The van der Waals surface area contributed by atoms with Gasteiger partial charge in [-0.1, -0.05) is 78.1 Å². The quantitative estimate of drug-likeness (QED) is 0.288. The molecule has 0 aromatic carbocycles. The highest BCUT2D eigenvalue weighted by Gasteiger charge is 2.47. The summed E-state index contributed by atoms with van der Waals surface area (Å²) in [6.07, 6.45) is 7.15. The van der Waals surface area contributed by atoms with Crippen LogP contribution in [0.4, 0.5) is 0 Å². The van der Waals surface area contributed by atoms with E-state index < -0.39 is 36.6 Å². The molecule has 1 saturated heterocycles. The van der Waals surface area contributed by atoms with Gasteiger partial charge < -0.3 is 30.1 Å². The Kier molecular flexibility index (Phi) is 14.5. The summed E-state index contributed by atoms with van der Waals surface area (Å²) in [7, 11) is 0. The molecule has 0 radical (unpaired) electrons. The van der Waals surface area contributed by atoms with Gasteiger partial charge in [-0.3, -0.25) is 4.79 Å². The Balaban J connectivity index is 2.20. The van der Waals surface area contributed by atoms with E-state index in [2.05, 4.69) is 12.2 Å². The van der Waals surface area contributed by atoms with E-state index in [1.54, 1.807) is 0 Å². The predicted molar refractivity (Wildman–Crippen MR) is 112 cm³/mol. The molecule has 0 saturated carbocycles. The summed E-state index contributed by atoms with van der Waals surface area (Å²) in [6.45, 7) is 5.09. The van der Waals surface area contributed by atoms with Crippen LogP contribution in [0.1, 0.15) is 90.9 Å². The summed E-state index contributed by atoms with van der Waals surface area (Å²) >= 11 is 0. The summed E-state index contributed by atoms with van der Waals surface area (Å²) in [5, 5.41) is 32.9. The molecule has 0 spiro atoms. The Morgan fingerprint density at radius 1 is 0.793 bits per heavy atom. The number of carbonyl (C=O) groups is 1. The van der Waals surface area contributed by atoms with Gasteiger partial charge in [-0.25, -0.2) is 0 Å². The predicted octanol–water partition coefficient (Wildman–Crippen LogP) is 2.65. The molecule has 5 atom stereocenters. The summed E-state index contributed by atoms with van der Waals surface area (Å²) < 4.78 is 10.9. The zero-order valence-corrected chi connectivity index (χ0v) is 18.4. The Morgan fingerprint density at radius 3 is 1.93 bits per heavy atom. The van der Waals surface area contributed by atoms with E-state index in [0.29, 0.717) is 13.2 Å². The zero-order valence-electron chi connectivity index (χ0n) is 18.4. The van der Waals surface area contributed by atoms with E-state index in [4.69, 9.17) is 9.47 Å². The molecule has 0 aromatic rings. The third-order valence-corrected chi connectivity index (χ3v) is 5.44. The summed E-state index contributed by atoms with van der Waals surface area (Å²) in [5.41, 5.74) is 0. The van der Waals surface area contributed by atoms with Crippen LogP contribution in [-0.4, -0.2) is 65.1 Å². The molecular formula is C22H43NO6. The molecule has 1 aliphatic heterocycles. The second kappa shape index (κ2) is 16.0. The van der Waals surface area contributed by atoms with Crippen molar-refractivity contribution < 1.29 is 29.6 Å². The van der Waals surface area contributed by atoms with Crippen molar-refractivity contribution in [2.45, 2.75) is 122 Å². The number of ether oxygens (including phenoxy) is 2. The highest BCUT2D eigenvalue weighted by Crippen LogP contribution is 2.22. The number of aliphatic hydroxyl groups is 3. The third-order valence-electron chi connectivity index (χ3n) is 5.44. The molecule has 0 aromatic heterocycles. The molecule has 4 N–H and O–H groups in total. The smallest absolute Gasteiger partial charge is 0.252 e. The first-order valence-electron chi connectivity index (χ1n) is 11.6. The lowest BCUT2D eigenvalue weighted by molar-refractivity contribution is -0.290. The molecule has 1 fully saturated rings. The Bertz CT molecular complexity index is 422. The van der Waals surface area contributed by atoms with Gasteiger partial charge in [0.25, 0.3) is 5.91 Å². The van der Waals surface area contributed by atoms with Crippen LogP contribution in [0.3, 0.4) is 0 Å². The number of amides is 1. The number of hydrogen-bond donors (Lipinski definition) is 4. The first-order chi connectivity index (χ1) is 14.0. The number of carbonyl (C=O) groups excluding carboxylic acids is 1. The van der Waals surface area contributed by atoms with Crippen molar-refractivity contribution in [1.82, 2.24) is 5.32 Å². The van der Waals surface area contributed by atoms with Crippen LogP contribution in [0.5, 0.6) is 0 Å². The number of unbranched alkanes of at least 4 members (excludes halogenated alkanes) is 10. The standard InChI is InChI=1S/C22H43NO6/c1-3-5-7-8-9-10-11-12-13-14-15-23-21(27)20-18(25)17(24)19(26)22(29-20)28-16-6-4-2/h17-20,22,24-26H,3-16H2,1-2H3,(H,23,27)/t17-,18-,19-,20-,22-/m0/s1. The van der Waals surface area contributed by atoms with Gasteiger partial charge in [-0.05, 0) is 12.8 Å². The van der Waals surface area contributed by atoms with E-state index in [9.17, 15) is 20.1 Å². The molecule has 0 aliphatic carbocycles. The highest BCUT2D eigenvalue weighted by molar-refractivity contribution is 5.81. The van der Waals surface area contributed by atoms with Crippen LogP contribution in [0.15, 0.2) is 0 Å². The molecule has 1 amide bonds. The topological polar surface area (TPSA) is 108 Å². The van der Waals surface area contributed by atoms with Crippen LogP contribution < -0.4 is 5.32 Å². The molecule has 0 unspecified atom stereocenters. The molecule has 1 rings (SSSR count). The van der Waals surface area contributed by atoms with E-state index in [-0.39, 0.29) is 0 Å². The zero-order chi connectivity index (χ0) is 21.5. The minimum absolute atomic E-state index is 0.355. The van der Waals surface area contributed by atoms with Crippen molar-refractivity contribution >= 4 is 5.91 Å². The van der Waals surface area contributed by atoms with Gasteiger partial charge in [-0.2, -0.15) is 0 Å². The van der Waals surface area contributed by atoms with Gasteiger partial charge in [0.2, 0.25) is 0 Å². The van der Waals surface area contributed by atoms with Crippen molar-refractivity contribution in [2.24, 2.45) is 0 Å². The minimum atomic E-state index is -1.48. The van der Waals surface area contributed by atoms with Gasteiger partial charge in [-0.15, -0.1) is 0 Å². The fraction of sp³-hybridized carbons (Fsp3) is 0.955. The number of aliphatic hydroxyl groups excluding tert-OH is 3. The number of rotatable bonds is 16. The maximum absolute atomic E-state index is 12.4. The van der Waals surface area contributed by atoms with Crippen LogP contribution in [0.2, 0.25) is 0 Å². The first-order valence-corrected chi connectivity index (χ1v) is 11.6. The molecule has 29 heavy (non-hydrogen) atoms. The Morgan fingerprint density at radius 2 is 1.34 bits per heavy atom. The van der Waals surface area contributed by atoms with Crippen molar-refractivity contribution in [2.75, 3.05) is 13.2 Å². The molecule has 172 valence electrons. The van der Waals surface area contributed by atoms with E-state index in [1.807, 2.05) is 6.92 Å².